The van der Waals surface area contributed by atoms with Crippen molar-refractivity contribution in [3.05, 3.63) is 35.6 Å². The van der Waals surface area contributed by atoms with Gasteiger partial charge in [-0.05, 0) is 38.9 Å². The van der Waals surface area contributed by atoms with Gasteiger partial charge in [0.2, 0.25) is 0 Å². The molecule has 1 unspecified atom stereocenters. The fourth-order valence-electron chi connectivity index (χ4n) is 2.96. The standard InChI is InChI=1S/C19H32FN5.HI/c1-4-21-19(22-10-9-17-7-5-6-8-18(17)20)23-15-16(2)25-13-11-24(3)12-14-25;/h5-8,16H,4,9-15H2,1-3H3,(H2,21,22,23);1H. The van der Waals surface area contributed by atoms with Crippen molar-refractivity contribution in [1.82, 2.24) is 20.4 Å². The highest BCUT2D eigenvalue weighted by molar-refractivity contribution is 14.0. The monoisotopic (exact) mass is 477 g/mol. The normalized spacial score (nSPS) is 17.5. The Hall–Kier alpha value is -0.930. The molecule has 7 heteroatoms. The van der Waals surface area contributed by atoms with E-state index in [1.807, 2.05) is 12.1 Å². The van der Waals surface area contributed by atoms with Crippen LogP contribution in [0.15, 0.2) is 29.3 Å². The highest BCUT2D eigenvalue weighted by Gasteiger charge is 2.18. The van der Waals surface area contributed by atoms with Crippen LogP contribution < -0.4 is 10.6 Å². The van der Waals surface area contributed by atoms with Crippen LogP contribution in [0.5, 0.6) is 0 Å². The van der Waals surface area contributed by atoms with Crippen LogP contribution in [-0.4, -0.2) is 74.7 Å². The van der Waals surface area contributed by atoms with Gasteiger partial charge in [-0.2, -0.15) is 0 Å². The van der Waals surface area contributed by atoms with Gasteiger partial charge in [-0.25, -0.2) is 4.39 Å². The van der Waals surface area contributed by atoms with E-state index in [1.54, 1.807) is 6.07 Å². The van der Waals surface area contributed by atoms with E-state index in [0.717, 1.165) is 50.8 Å². The number of guanidine groups is 1. The van der Waals surface area contributed by atoms with Crippen molar-refractivity contribution < 1.29 is 4.39 Å². The van der Waals surface area contributed by atoms with Crippen LogP contribution in [0.25, 0.3) is 0 Å². The van der Waals surface area contributed by atoms with Crippen LogP contribution >= 0.6 is 24.0 Å². The zero-order valence-corrected chi connectivity index (χ0v) is 18.5. The van der Waals surface area contributed by atoms with Crippen molar-refractivity contribution in [1.29, 1.82) is 0 Å². The van der Waals surface area contributed by atoms with Crippen LogP contribution in [0, 0.1) is 5.82 Å². The topological polar surface area (TPSA) is 42.9 Å². The highest BCUT2D eigenvalue weighted by Crippen LogP contribution is 2.07. The molecule has 1 atom stereocenters. The number of nitrogens with zero attached hydrogens (tertiary/aromatic N) is 3. The average Bonchev–Trinajstić information content (AvgIpc) is 2.61. The number of likely N-dealkylation sites (N-methyl/N-ethyl adjacent to an activating group) is 1. The summed E-state index contributed by atoms with van der Waals surface area (Å²) in [4.78, 5) is 9.56. The van der Waals surface area contributed by atoms with E-state index >= 15 is 0 Å². The smallest absolute Gasteiger partial charge is 0.191 e. The number of aliphatic imine (C=N–C) groups is 1. The summed E-state index contributed by atoms with van der Waals surface area (Å²) in [6.07, 6.45) is 0.644. The summed E-state index contributed by atoms with van der Waals surface area (Å²) in [6, 6.07) is 7.35. The maximum atomic E-state index is 13.7. The molecule has 0 spiro atoms. The van der Waals surface area contributed by atoms with Gasteiger partial charge in [0.1, 0.15) is 5.82 Å². The second-order valence-electron chi connectivity index (χ2n) is 6.68. The molecule has 1 fully saturated rings. The Morgan fingerprint density at radius 1 is 1.19 bits per heavy atom. The third kappa shape index (κ3) is 7.75. The van der Waals surface area contributed by atoms with Gasteiger partial charge in [-0.3, -0.25) is 9.89 Å². The molecule has 1 aliphatic rings. The Morgan fingerprint density at radius 3 is 2.54 bits per heavy atom. The lowest BCUT2D eigenvalue weighted by Gasteiger charge is -2.35. The van der Waals surface area contributed by atoms with Crippen molar-refractivity contribution in [2.45, 2.75) is 26.3 Å². The number of piperazine rings is 1. The van der Waals surface area contributed by atoms with Crippen LogP contribution in [-0.2, 0) is 6.42 Å². The van der Waals surface area contributed by atoms with Crippen molar-refractivity contribution >= 4 is 29.9 Å². The number of hydrogen-bond donors (Lipinski definition) is 2. The van der Waals surface area contributed by atoms with Gasteiger partial charge in [-0.1, -0.05) is 18.2 Å². The Bertz CT molecular complexity index is 546. The maximum absolute atomic E-state index is 13.7. The Labute approximate surface area is 174 Å². The molecule has 5 nitrogen and oxygen atoms in total. The lowest BCUT2D eigenvalue weighted by atomic mass is 10.1. The fraction of sp³-hybridized carbons (Fsp3) is 0.632. The molecule has 0 aliphatic carbocycles. The van der Waals surface area contributed by atoms with Crippen LogP contribution in [0.1, 0.15) is 19.4 Å². The number of benzene rings is 1. The SMILES string of the molecule is CCNC(=NCC(C)N1CCN(C)CC1)NCCc1ccccc1F.I. The van der Waals surface area contributed by atoms with Gasteiger partial charge in [0.15, 0.2) is 5.96 Å². The minimum absolute atomic E-state index is 0. The molecule has 1 saturated heterocycles. The summed E-state index contributed by atoms with van der Waals surface area (Å²) >= 11 is 0. The summed E-state index contributed by atoms with van der Waals surface area (Å²) < 4.78 is 13.7. The first kappa shape index (κ1) is 23.1. The third-order valence-electron chi connectivity index (χ3n) is 4.66. The summed E-state index contributed by atoms with van der Waals surface area (Å²) in [6.45, 7) is 11.0. The van der Waals surface area contributed by atoms with E-state index in [2.05, 4.69) is 41.3 Å². The predicted molar refractivity (Wildman–Crippen MR) is 118 cm³/mol. The van der Waals surface area contributed by atoms with E-state index in [1.165, 1.54) is 6.07 Å². The van der Waals surface area contributed by atoms with E-state index in [-0.39, 0.29) is 29.8 Å². The molecule has 1 heterocycles. The van der Waals surface area contributed by atoms with Gasteiger partial charge < -0.3 is 15.5 Å². The molecule has 2 rings (SSSR count). The first-order valence-corrected chi connectivity index (χ1v) is 9.28. The minimum Gasteiger partial charge on any atom is -0.357 e. The molecular weight excluding hydrogens is 444 g/mol. The van der Waals surface area contributed by atoms with Crippen LogP contribution in [0.2, 0.25) is 0 Å². The lowest BCUT2D eigenvalue weighted by molar-refractivity contribution is 0.122. The van der Waals surface area contributed by atoms with Gasteiger partial charge in [0.25, 0.3) is 0 Å². The number of nitrogens with one attached hydrogen (secondary N) is 2. The molecular formula is C19H33FIN5. The summed E-state index contributed by atoms with van der Waals surface area (Å²) in [5.41, 5.74) is 0.733. The van der Waals surface area contributed by atoms with Crippen molar-refractivity contribution in [3.63, 3.8) is 0 Å². The van der Waals surface area contributed by atoms with Crippen LogP contribution in [0.4, 0.5) is 4.39 Å². The van der Waals surface area contributed by atoms with E-state index in [9.17, 15) is 4.39 Å². The predicted octanol–water partition coefficient (Wildman–Crippen LogP) is 2.18. The van der Waals surface area contributed by atoms with Crippen molar-refractivity contribution in [2.24, 2.45) is 4.99 Å². The minimum atomic E-state index is -0.144. The fourth-order valence-corrected chi connectivity index (χ4v) is 2.96. The van der Waals surface area contributed by atoms with Gasteiger partial charge in [-0.15, -0.1) is 24.0 Å². The molecule has 0 saturated carbocycles. The molecule has 1 aromatic rings. The number of hydrogen-bond acceptors (Lipinski definition) is 3. The summed E-state index contributed by atoms with van der Waals surface area (Å²) in [5, 5.41) is 6.57. The molecule has 1 aliphatic heterocycles. The van der Waals surface area contributed by atoms with Crippen molar-refractivity contribution in [2.75, 3.05) is 52.9 Å². The molecule has 26 heavy (non-hydrogen) atoms. The van der Waals surface area contributed by atoms with E-state index in [0.29, 0.717) is 19.0 Å². The van der Waals surface area contributed by atoms with Gasteiger partial charge >= 0.3 is 0 Å². The average molecular weight is 477 g/mol. The first-order valence-electron chi connectivity index (χ1n) is 9.28. The molecule has 0 aromatic heterocycles. The molecule has 1 aromatic carbocycles. The van der Waals surface area contributed by atoms with Gasteiger partial charge in [0.05, 0.1) is 6.54 Å². The largest absolute Gasteiger partial charge is 0.357 e. The zero-order valence-electron chi connectivity index (χ0n) is 16.2. The van der Waals surface area contributed by atoms with Crippen molar-refractivity contribution in [3.8, 4) is 0 Å². The second-order valence-corrected chi connectivity index (χ2v) is 6.68. The molecule has 2 N–H and O–H groups in total. The zero-order chi connectivity index (χ0) is 18.1. The quantitative estimate of drug-likeness (QED) is 0.359. The van der Waals surface area contributed by atoms with Crippen LogP contribution in [0.3, 0.4) is 0 Å². The first-order chi connectivity index (χ1) is 12.1. The molecule has 0 amide bonds. The van der Waals surface area contributed by atoms with E-state index < -0.39 is 0 Å². The number of halogens is 2. The summed E-state index contributed by atoms with van der Waals surface area (Å²) in [5.74, 6) is 0.662. The molecule has 148 valence electrons. The molecule has 0 bridgehead atoms. The Balaban J connectivity index is 0.00000338. The molecule has 0 radical (unpaired) electrons. The van der Waals surface area contributed by atoms with Gasteiger partial charge in [0, 0.05) is 45.3 Å². The summed E-state index contributed by atoms with van der Waals surface area (Å²) in [7, 11) is 2.17. The maximum Gasteiger partial charge on any atom is 0.191 e. The lowest BCUT2D eigenvalue weighted by Crippen LogP contribution is -2.49. The highest BCUT2D eigenvalue weighted by atomic mass is 127. The Morgan fingerprint density at radius 2 is 1.88 bits per heavy atom. The van der Waals surface area contributed by atoms with E-state index in [4.69, 9.17) is 4.99 Å². The second kappa shape index (κ2) is 12.5. The Kier molecular flexibility index (Phi) is 11.1. The third-order valence-corrected chi connectivity index (χ3v) is 4.66. The number of rotatable bonds is 7.